The molecule has 9 nitrogen and oxygen atoms in total. The average molecular weight is 382 g/mol. The number of morpholine rings is 1. The van der Waals surface area contributed by atoms with Crippen LogP contribution in [0.5, 0.6) is 0 Å². The Kier molecular flexibility index (Phi) is 4.91. The zero-order valence-corrected chi connectivity index (χ0v) is 16.1. The molecule has 3 aromatic rings. The highest BCUT2D eigenvalue weighted by Crippen LogP contribution is 2.22. The van der Waals surface area contributed by atoms with Gasteiger partial charge in [-0.15, -0.1) is 0 Å². The van der Waals surface area contributed by atoms with Crippen molar-refractivity contribution in [3.63, 3.8) is 0 Å². The lowest BCUT2D eigenvalue weighted by atomic mass is 10.2. The van der Waals surface area contributed by atoms with Gasteiger partial charge in [-0.3, -0.25) is 4.79 Å². The van der Waals surface area contributed by atoms with E-state index in [0.29, 0.717) is 49.4 Å². The van der Waals surface area contributed by atoms with Crippen molar-refractivity contribution in [3.8, 4) is 17.3 Å². The van der Waals surface area contributed by atoms with E-state index < -0.39 is 0 Å². The molecule has 1 aliphatic heterocycles. The lowest BCUT2D eigenvalue weighted by Gasteiger charge is -2.26. The third-order valence-electron chi connectivity index (χ3n) is 4.71. The monoisotopic (exact) mass is 382 g/mol. The zero-order valence-electron chi connectivity index (χ0n) is 16.1. The topological polar surface area (TPSA) is 99.2 Å². The second-order valence-corrected chi connectivity index (χ2v) is 6.98. The smallest absolute Gasteiger partial charge is 0.258 e. The molecule has 146 valence electrons. The van der Waals surface area contributed by atoms with E-state index in [1.807, 2.05) is 26.8 Å². The predicted molar refractivity (Wildman–Crippen MR) is 100 cm³/mol. The van der Waals surface area contributed by atoms with Gasteiger partial charge in [0.25, 0.3) is 11.8 Å². The number of hydrogen-bond donors (Lipinski definition) is 0. The molecule has 1 amide bonds. The van der Waals surface area contributed by atoms with Crippen LogP contribution in [0.15, 0.2) is 29.0 Å². The van der Waals surface area contributed by atoms with Gasteiger partial charge in [-0.1, -0.05) is 19.0 Å². The Morgan fingerprint density at radius 2 is 2.04 bits per heavy atom. The van der Waals surface area contributed by atoms with Gasteiger partial charge >= 0.3 is 0 Å². The van der Waals surface area contributed by atoms with E-state index in [9.17, 15) is 4.79 Å². The minimum atomic E-state index is -0.0401. The fourth-order valence-corrected chi connectivity index (χ4v) is 3.04. The fourth-order valence-electron chi connectivity index (χ4n) is 3.04. The molecule has 1 fully saturated rings. The summed E-state index contributed by atoms with van der Waals surface area (Å²) < 4.78 is 12.3. The molecule has 0 radical (unpaired) electrons. The van der Waals surface area contributed by atoms with Gasteiger partial charge in [-0.05, 0) is 19.1 Å². The Morgan fingerprint density at radius 1 is 1.25 bits per heavy atom. The third kappa shape index (κ3) is 3.40. The van der Waals surface area contributed by atoms with Crippen LogP contribution >= 0.6 is 0 Å². The van der Waals surface area contributed by atoms with Crippen LogP contribution in [0.3, 0.4) is 0 Å². The van der Waals surface area contributed by atoms with Crippen LogP contribution in [0.2, 0.25) is 0 Å². The largest absolute Gasteiger partial charge is 0.378 e. The second-order valence-electron chi connectivity index (χ2n) is 6.98. The first-order valence-corrected chi connectivity index (χ1v) is 9.26. The molecule has 1 aliphatic rings. The number of aromatic nitrogens is 5. The van der Waals surface area contributed by atoms with E-state index in [0.717, 1.165) is 11.3 Å². The van der Waals surface area contributed by atoms with E-state index in [1.54, 1.807) is 28.0 Å². The summed E-state index contributed by atoms with van der Waals surface area (Å²) in [7, 11) is 0. The standard InChI is InChI=1S/C19H22N6O3/c1-12(2)17-22-18(28-23-17)14-4-5-20-16(10-14)25-13(3)15(11-21-25)19(26)24-6-8-27-9-7-24/h4-5,10-12H,6-9H2,1-3H3. The van der Waals surface area contributed by atoms with Gasteiger partial charge < -0.3 is 14.2 Å². The third-order valence-corrected chi connectivity index (χ3v) is 4.71. The minimum Gasteiger partial charge on any atom is -0.378 e. The number of ether oxygens (including phenoxy) is 1. The number of nitrogens with zero attached hydrogens (tertiary/aromatic N) is 6. The number of hydrogen-bond acceptors (Lipinski definition) is 7. The van der Waals surface area contributed by atoms with E-state index in [2.05, 4.69) is 20.2 Å². The van der Waals surface area contributed by atoms with Crippen LogP contribution in [0.1, 0.15) is 41.6 Å². The van der Waals surface area contributed by atoms with Crippen molar-refractivity contribution >= 4 is 5.91 Å². The predicted octanol–water partition coefficient (Wildman–Crippen LogP) is 2.22. The molecule has 4 rings (SSSR count). The van der Waals surface area contributed by atoms with Crippen LogP contribution < -0.4 is 0 Å². The van der Waals surface area contributed by atoms with Crippen molar-refractivity contribution in [2.45, 2.75) is 26.7 Å². The summed E-state index contributed by atoms with van der Waals surface area (Å²) in [5, 5.41) is 8.38. The van der Waals surface area contributed by atoms with E-state index in [4.69, 9.17) is 9.26 Å². The van der Waals surface area contributed by atoms with Crippen LogP contribution in [0.4, 0.5) is 0 Å². The van der Waals surface area contributed by atoms with Gasteiger partial charge in [0.2, 0.25) is 0 Å². The highest BCUT2D eigenvalue weighted by atomic mass is 16.5. The van der Waals surface area contributed by atoms with E-state index in [-0.39, 0.29) is 11.8 Å². The van der Waals surface area contributed by atoms with Crippen molar-refractivity contribution in [1.29, 1.82) is 0 Å². The summed E-state index contributed by atoms with van der Waals surface area (Å²) in [5.74, 6) is 1.81. The summed E-state index contributed by atoms with van der Waals surface area (Å²) in [6, 6.07) is 3.63. The van der Waals surface area contributed by atoms with Gasteiger partial charge in [0.1, 0.15) is 0 Å². The van der Waals surface area contributed by atoms with Crippen molar-refractivity contribution in [2.24, 2.45) is 0 Å². The molecule has 0 N–H and O–H groups in total. The summed E-state index contributed by atoms with van der Waals surface area (Å²) in [4.78, 5) is 23.4. The highest BCUT2D eigenvalue weighted by Gasteiger charge is 2.23. The van der Waals surface area contributed by atoms with Gasteiger partial charge in [0.15, 0.2) is 11.6 Å². The Bertz CT molecular complexity index is 987. The molecular formula is C19H22N6O3. The first-order valence-electron chi connectivity index (χ1n) is 9.26. The van der Waals surface area contributed by atoms with E-state index >= 15 is 0 Å². The van der Waals surface area contributed by atoms with Gasteiger partial charge in [-0.2, -0.15) is 10.1 Å². The molecule has 1 saturated heterocycles. The molecule has 0 unspecified atom stereocenters. The molecule has 4 heterocycles. The highest BCUT2D eigenvalue weighted by molar-refractivity contribution is 5.95. The summed E-state index contributed by atoms with van der Waals surface area (Å²) in [6.07, 6.45) is 3.25. The molecule has 0 saturated carbocycles. The Balaban J connectivity index is 1.63. The molecule has 28 heavy (non-hydrogen) atoms. The van der Waals surface area contributed by atoms with E-state index in [1.165, 1.54) is 0 Å². The molecular weight excluding hydrogens is 360 g/mol. The van der Waals surface area contributed by atoms with Crippen molar-refractivity contribution in [1.82, 2.24) is 29.8 Å². The van der Waals surface area contributed by atoms with Crippen molar-refractivity contribution in [3.05, 3.63) is 41.6 Å². The van der Waals surface area contributed by atoms with Crippen LogP contribution in [0.25, 0.3) is 17.3 Å². The molecule has 3 aromatic heterocycles. The summed E-state index contributed by atoms with van der Waals surface area (Å²) in [6.45, 7) is 8.17. The normalized spacial score (nSPS) is 14.6. The Labute approximate surface area is 162 Å². The summed E-state index contributed by atoms with van der Waals surface area (Å²) in [5.41, 5.74) is 2.05. The number of pyridine rings is 1. The lowest BCUT2D eigenvalue weighted by Crippen LogP contribution is -2.40. The first-order chi connectivity index (χ1) is 13.5. The molecule has 0 aromatic carbocycles. The number of carbonyl (C=O) groups excluding carboxylic acids is 1. The minimum absolute atomic E-state index is 0.0401. The van der Waals surface area contributed by atoms with Crippen molar-refractivity contribution < 1.29 is 14.1 Å². The fraction of sp³-hybridized carbons (Fsp3) is 0.421. The number of carbonyl (C=O) groups is 1. The van der Waals surface area contributed by atoms with Gasteiger partial charge in [0, 0.05) is 30.8 Å². The molecule has 0 atom stereocenters. The van der Waals surface area contributed by atoms with Gasteiger partial charge in [0.05, 0.1) is 30.7 Å². The van der Waals surface area contributed by atoms with Crippen LogP contribution in [-0.4, -0.2) is 62.0 Å². The molecule has 0 aliphatic carbocycles. The van der Waals surface area contributed by atoms with Crippen LogP contribution in [-0.2, 0) is 4.74 Å². The lowest BCUT2D eigenvalue weighted by molar-refractivity contribution is 0.0302. The second kappa shape index (κ2) is 7.51. The first kappa shape index (κ1) is 18.3. The Morgan fingerprint density at radius 3 is 2.75 bits per heavy atom. The maximum Gasteiger partial charge on any atom is 0.258 e. The maximum atomic E-state index is 12.8. The SMILES string of the molecule is Cc1c(C(=O)N2CCOCC2)cnn1-c1cc(-c2nc(C(C)C)no2)ccn1. The molecule has 0 spiro atoms. The summed E-state index contributed by atoms with van der Waals surface area (Å²) >= 11 is 0. The van der Waals surface area contributed by atoms with Crippen LogP contribution in [0, 0.1) is 6.92 Å². The number of rotatable bonds is 4. The molecule has 0 bridgehead atoms. The Hall–Kier alpha value is -3.07. The maximum absolute atomic E-state index is 12.8. The average Bonchev–Trinajstić information content (AvgIpc) is 3.36. The number of amides is 1. The quantitative estimate of drug-likeness (QED) is 0.682. The molecule has 9 heteroatoms. The van der Waals surface area contributed by atoms with Crippen molar-refractivity contribution in [2.75, 3.05) is 26.3 Å². The van der Waals surface area contributed by atoms with Gasteiger partial charge in [-0.25, -0.2) is 9.67 Å². The zero-order chi connectivity index (χ0) is 19.7.